The number of hydrogen-bond donors (Lipinski definition) is 0. The first kappa shape index (κ1) is 16.9. The van der Waals surface area contributed by atoms with Crippen LogP contribution in [0.5, 0.6) is 5.75 Å². The summed E-state index contributed by atoms with van der Waals surface area (Å²) in [5, 5.41) is -0.255. The van der Waals surface area contributed by atoms with Crippen LogP contribution in [0.2, 0.25) is 0 Å². The third-order valence-corrected chi connectivity index (χ3v) is 4.46. The molecule has 0 aliphatic carbocycles. The maximum atomic E-state index is 12.5. The lowest BCUT2D eigenvalue weighted by Gasteiger charge is -2.12. The number of hydrogen-bond acceptors (Lipinski definition) is 4. The monoisotopic (exact) mass is 349 g/mol. The van der Waals surface area contributed by atoms with Crippen LogP contribution in [-0.2, 0) is 11.3 Å². The first-order valence-corrected chi connectivity index (χ1v) is 8.44. The van der Waals surface area contributed by atoms with Crippen LogP contribution in [0.1, 0.15) is 11.1 Å². The Hall–Kier alpha value is -2.97. The number of nitrogens with zero attached hydrogens (tertiary/aromatic N) is 1. The van der Waals surface area contributed by atoms with Gasteiger partial charge in [-0.15, -0.1) is 6.42 Å². The van der Waals surface area contributed by atoms with Crippen molar-refractivity contribution in [3.8, 4) is 18.1 Å². The average molecular weight is 349 g/mol. The Balaban J connectivity index is 1.73. The number of rotatable bonds is 5. The molecule has 1 saturated heterocycles. The molecule has 124 valence electrons. The summed E-state index contributed by atoms with van der Waals surface area (Å²) in [5.41, 5.74) is 1.74. The second-order valence-corrected chi connectivity index (χ2v) is 6.31. The van der Waals surface area contributed by atoms with Gasteiger partial charge in [-0.2, -0.15) is 0 Å². The summed E-state index contributed by atoms with van der Waals surface area (Å²) < 4.78 is 5.31. The molecule has 4 nitrogen and oxygen atoms in total. The van der Waals surface area contributed by atoms with Gasteiger partial charge in [0.25, 0.3) is 11.1 Å². The molecule has 0 radical (unpaired) electrons. The molecular weight excluding hydrogens is 334 g/mol. The molecule has 2 aromatic rings. The van der Waals surface area contributed by atoms with E-state index < -0.39 is 0 Å². The van der Waals surface area contributed by atoms with Crippen LogP contribution in [-0.4, -0.2) is 22.7 Å². The molecule has 0 atom stereocenters. The van der Waals surface area contributed by atoms with E-state index in [0.717, 1.165) is 22.9 Å². The van der Waals surface area contributed by atoms with Crippen LogP contribution in [0, 0.1) is 12.3 Å². The van der Waals surface area contributed by atoms with E-state index >= 15 is 0 Å². The van der Waals surface area contributed by atoms with Crippen LogP contribution in [0.15, 0.2) is 59.5 Å². The molecule has 3 rings (SSSR count). The van der Waals surface area contributed by atoms with Crippen molar-refractivity contribution >= 4 is 29.0 Å². The van der Waals surface area contributed by atoms with Gasteiger partial charge in [-0.1, -0.05) is 48.4 Å². The number of carbonyl (C=O) groups excluding carboxylic acids is 2. The molecule has 0 bridgehead atoms. The van der Waals surface area contributed by atoms with Gasteiger partial charge in [0.15, 0.2) is 0 Å². The third-order valence-electron chi connectivity index (χ3n) is 3.56. The van der Waals surface area contributed by atoms with Gasteiger partial charge in [-0.3, -0.25) is 14.5 Å². The van der Waals surface area contributed by atoms with Crippen LogP contribution in [0.25, 0.3) is 6.08 Å². The average Bonchev–Trinajstić information content (AvgIpc) is 2.89. The van der Waals surface area contributed by atoms with Gasteiger partial charge in [-0.05, 0) is 41.1 Å². The van der Waals surface area contributed by atoms with E-state index in [1.165, 1.54) is 4.90 Å². The Labute approximate surface area is 150 Å². The van der Waals surface area contributed by atoms with Crippen molar-refractivity contribution in [3.05, 3.63) is 70.6 Å². The van der Waals surface area contributed by atoms with Gasteiger partial charge in [0, 0.05) is 0 Å². The zero-order chi connectivity index (χ0) is 17.6. The fourth-order valence-electron chi connectivity index (χ4n) is 2.34. The van der Waals surface area contributed by atoms with Crippen molar-refractivity contribution in [2.45, 2.75) is 6.54 Å². The van der Waals surface area contributed by atoms with E-state index in [1.54, 1.807) is 18.2 Å². The quantitative estimate of drug-likeness (QED) is 0.606. The smallest absolute Gasteiger partial charge is 0.293 e. The van der Waals surface area contributed by atoms with Crippen molar-refractivity contribution < 1.29 is 14.3 Å². The van der Waals surface area contributed by atoms with E-state index in [4.69, 9.17) is 11.2 Å². The summed E-state index contributed by atoms with van der Waals surface area (Å²) in [7, 11) is 0. The lowest BCUT2D eigenvalue weighted by Crippen LogP contribution is -2.27. The topological polar surface area (TPSA) is 46.6 Å². The van der Waals surface area contributed by atoms with Gasteiger partial charge < -0.3 is 4.74 Å². The Morgan fingerprint density at radius 1 is 1.08 bits per heavy atom. The molecule has 0 N–H and O–H groups in total. The first-order valence-electron chi connectivity index (χ1n) is 7.63. The summed E-state index contributed by atoms with van der Waals surface area (Å²) in [5.74, 6) is 2.79. The minimum absolute atomic E-state index is 0.206. The molecular formula is C20H15NO3S. The second kappa shape index (κ2) is 7.73. The third kappa shape index (κ3) is 4.11. The van der Waals surface area contributed by atoms with Crippen molar-refractivity contribution in [3.63, 3.8) is 0 Å². The lowest BCUT2D eigenvalue weighted by atomic mass is 10.2. The maximum Gasteiger partial charge on any atom is 0.293 e. The van der Waals surface area contributed by atoms with Crippen molar-refractivity contribution in [1.29, 1.82) is 0 Å². The van der Waals surface area contributed by atoms with E-state index in [-0.39, 0.29) is 24.3 Å². The second-order valence-electron chi connectivity index (χ2n) is 5.32. The van der Waals surface area contributed by atoms with Gasteiger partial charge in [-0.25, -0.2) is 0 Å². The van der Waals surface area contributed by atoms with E-state index in [9.17, 15) is 9.59 Å². The highest BCUT2D eigenvalue weighted by Crippen LogP contribution is 2.33. The van der Waals surface area contributed by atoms with E-state index in [1.807, 2.05) is 42.5 Å². The summed E-state index contributed by atoms with van der Waals surface area (Å²) in [6, 6.07) is 16.6. The highest BCUT2D eigenvalue weighted by Gasteiger charge is 2.34. The Morgan fingerprint density at radius 3 is 2.48 bits per heavy atom. The predicted molar refractivity (Wildman–Crippen MR) is 98.7 cm³/mol. The molecule has 25 heavy (non-hydrogen) atoms. The van der Waals surface area contributed by atoms with Crippen LogP contribution in [0.3, 0.4) is 0 Å². The van der Waals surface area contributed by atoms with E-state index in [0.29, 0.717) is 10.7 Å². The molecule has 0 saturated carbocycles. The maximum absolute atomic E-state index is 12.5. The number of ether oxygens (including phenoxy) is 1. The number of carbonyl (C=O) groups is 2. The number of terminal acetylenes is 1. The lowest BCUT2D eigenvalue weighted by molar-refractivity contribution is -0.123. The van der Waals surface area contributed by atoms with E-state index in [2.05, 4.69) is 5.92 Å². The SMILES string of the molecule is C#CCOc1ccc(/C=C2\SC(=O)N(Cc3ccccc3)C2=O)cc1. The van der Waals surface area contributed by atoms with Gasteiger partial charge in [0.2, 0.25) is 0 Å². The van der Waals surface area contributed by atoms with Crippen LogP contribution >= 0.6 is 11.8 Å². The largest absolute Gasteiger partial charge is 0.481 e. The first-order chi connectivity index (χ1) is 12.2. The molecule has 2 amide bonds. The zero-order valence-corrected chi connectivity index (χ0v) is 14.2. The normalized spacial score (nSPS) is 15.5. The fourth-order valence-corrected chi connectivity index (χ4v) is 3.18. The zero-order valence-electron chi connectivity index (χ0n) is 13.3. The Bertz CT molecular complexity index is 851. The summed E-state index contributed by atoms with van der Waals surface area (Å²) in [4.78, 5) is 26.3. The van der Waals surface area contributed by atoms with Crippen molar-refractivity contribution in [1.82, 2.24) is 4.90 Å². The van der Waals surface area contributed by atoms with Crippen LogP contribution in [0.4, 0.5) is 4.79 Å². The standard InChI is InChI=1S/C20H15NO3S/c1-2-12-24-17-10-8-15(9-11-17)13-18-19(22)21(20(23)25-18)14-16-6-4-3-5-7-16/h1,3-11,13H,12,14H2/b18-13-. The fraction of sp³-hybridized carbons (Fsp3) is 0.100. The summed E-state index contributed by atoms with van der Waals surface area (Å²) in [6.45, 7) is 0.486. The molecule has 1 aliphatic heterocycles. The summed E-state index contributed by atoms with van der Waals surface area (Å²) >= 11 is 0.955. The molecule has 1 fully saturated rings. The summed E-state index contributed by atoms with van der Waals surface area (Å²) in [6.07, 6.45) is 6.86. The highest BCUT2D eigenvalue weighted by atomic mass is 32.2. The van der Waals surface area contributed by atoms with Crippen molar-refractivity contribution in [2.24, 2.45) is 0 Å². The molecule has 1 aliphatic rings. The molecule has 0 spiro atoms. The minimum atomic E-state index is -0.272. The Kier molecular flexibility index (Phi) is 5.22. The van der Waals surface area contributed by atoms with Crippen LogP contribution < -0.4 is 4.74 Å². The number of imide groups is 1. The molecule has 2 aromatic carbocycles. The molecule has 5 heteroatoms. The molecule has 0 aromatic heterocycles. The number of benzene rings is 2. The highest BCUT2D eigenvalue weighted by molar-refractivity contribution is 8.18. The predicted octanol–water partition coefficient (Wildman–Crippen LogP) is 3.94. The van der Waals surface area contributed by atoms with Gasteiger partial charge in [0.1, 0.15) is 12.4 Å². The van der Waals surface area contributed by atoms with Crippen molar-refractivity contribution in [2.75, 3.05) is 6.61 Å². The molecule has 0 unspecified atom stereocenters. The number of amides is 2. The molecule has 1 heterocycles. The van der Waals surface area contributed by atoms with Gasteiger partial charge in [0.05, 0.1) is 11.4 Å². The van der Waals surface area contributed by atoms with Gasteiger partial charge >= 0.3 is 0 Å². The number of thioether (sulfide) groups is 1. The minimum Gasteiger partial charge on any atom is -0.481 e. The Morgan fingerprint density at radius 2 is 1.80 bits per heavy atom.